The van der Waals surface area contributed by atoms with Gasteiger partial charge in [-0.1, -0.05) is 60.7 Å². The zero-order valence-electron chi connectivity index (χ0n) is 22.6. The van der Waals surface area contributed by atoms with Crippen LogP contribution in [-0.2, 0) is 17.6 Å². The quantitative estimate of drug-likeness (QED) is 0.313. The second kappa shape index (κ2) is 9.65. The molecule has 198 valence electrons. The summed E-state index contributed by atoms with van der Waals surface area (Å²) in [5.41, 5.74) is 7.44. The number of nitrogens with zero attached hydrogens (tertiary/aromatic N) is 4. The Morgan fingerprint density at radius 1 is 0.750 bits per heavy atom. The van der Waals surface area contributed by atoms with Gasteiger partial charge in [0.1, 0.15) is 0 Å². The molecule has 0 amide bonds. The fourth-order valence-electron chi connectivity index (χ4n) is 7.33. The molecule has 5 nitrogen and oxygen atoms in total. The van der Waals surface area contributed by atoms with Crippen molar-refractivity contribution in [3.8, 4) is 22.5 Å². The molecule has 0 bridgehead atoms. The van der Waals surface area contributed by atoms with E-state index in [1.807, 2.05) is 6.20 Å². The van der Waals surface area contributed by atoms with E-state index in [9.17, 15) is 0 Å². The summed E-state index contributed by atoms with van der Waals surface area (Å²) in [4.78, 5) is 9.85. The number of hydrogen-bond donors (Lipinski definition) is 0. The topological polar surface area (TPSA) is 52.8 Å². The van der Waals surface area contributed by atoms with Gasteiger partial charge in [0, 0.05) is 30.8 Å². The molecular formula is C34H32N4OSi. The predicted octanol–water partition coefficient (Wildman–Crippen LogP) is 4.28. The summed E-state index contributed by atoms with van der Waals surface area (Å²) in [6, 6.07) is 26.8. The number of fused-ring (bicyclic) bond motifs is 4. The molecule has 2 aliphatic heterocycles. The third-order valence-electron chi connectivity index (χ3n) is 9.10. The number of pyridine rings is 2. The van der Waals surface area contributed by atoms with Crippen molar-refractivity contribution in [1.82, 2.24) is 19.7 Å². The highest BCUT2D eigenvalue weighted by atomic mass is 28.3. The van der Waals surface area contributed by atoms with E-state index in [1.165, 1.54) is 62.4 Å². The first-order valence-electron chi connectivity index (χ1n) is 14.6. The number of aromatic nitrogens is 4. The zero-order valence-corrected chi connectivity index (χ0v) is 23.6. The Morgan fingerprint density at radius 2 is 1.52 bits per heavy atom. The average Bonchev–Trinajstić information content (AvgIpc) is 3.57. The van der Waals surface area contributed by atoms with Crippen molar-refractivity contribution in [2.75, 3.05) is 6.61 Å². The Bertz CT molecular complexity index is 1640. The van der Waals surface area contributed by atoms with Crippen LogP contribution in [0.25, 0.3) is 22.5 Å². The van der Waals surface area contributed by atoms with Gasteiger partial charge in [0.25, 0.3) is 0 Å². The third-order valence-corrected chi connectivity index (χ3v) is 13.9. The molecule has 6 heteroatoms. The Labute approximate surface area is 235 Å². The van der Waals surface area contributed by atoms with Crippen LogP contribution in [0.2, 0.25) is 0 Å². The van der Waals surface area contributed by atoms with Crippen LogP contribution in [0.5, 0.6) is 0 Å². The van der Waals surface area contributed by atoms with Gasteiger partial charge in [0.15, 0.2) is 14.3 Å². The lowest BCUT2D eigenvalue weighted by Gasteiger charge is -2.30. The SMILES string of the molecule is c1cncc([Si]2(c3ccc(-c4c5c(nn4C4CCCCO4)CCCC5)nc3)c3ccccc3-c3ccccc32)c1. The standard InChI is InChI=1S/C34H32N4OSi/c1-4-14-29-28(13-1)34(38(37-29)33-17-7-8-21-39-33)30-19-18-25(23-36-30)40(24-10-9-20-35-22-24)31-15-5-2-11-26(31)27-12-3-6-16-32(27)40/h2-3,5-6,9-12,15-16,18-20,22-23,33H,1,4,7-8,13-14,17,21H2. The Morgan fingerprint density at radius 3 is 2.23 bits per heavy atom. The lowest BCUT2D eigenvalue weighted by molar-refractivity contribution is -0.0386. The number of rotatable bonds is 4. The van der Waals surface area contributed by atoms with E-state index in [4.69, 9.17) is 14.8 Å². The summed E-state index contributed by atoms with van der Waals surface area (Å²) >= 11 is 0. The summed E-state index contributed by atoms with van der Waals surface area (Å²) < 4.78 is 8.41. The molecule has 40 heavy (non-hydrogen) atoms. The van der Waals surface area contributed by atoms with Gasteiger partial charge in [-0.05, 0) is 89.0 Å². The average molecular weight is 541 g/mol. The van der Waals surface area contributed by atoms with E-state index in [1.54, 1.807) is 0 Å². The monoisotopic (exact) mass is 540 g/mol. The number of benzene rings is 2. The first kappa shape index (κ1) is 24.0. The maximum absolute atomic E-state index is 6.23. The van der Waals surface area contributed by atoms with Crippen LogP contribution >= 0.6 is 0 Å². The second-order valence-corrected chi connectivity index (χ2v) is 15.0. The third kappa shape index (κ3) is 3.52. The van der Waals surface area contributed by atoms with E-state index in [-0.39, 0.29) is 6.23 Å². The van der Waals surface area contributed by atoms with Crippen molar-refractivity contribution < 1.29 is 4.74 Å². The maximum Gasteiger partial charge on any atom is 0.183 e. The van der Waals surface area contributed by atoms with E-state index in [0.29, 0.717) is 0 Å². The van der Waals surface area contributed by atoms with E-state index in [0.717, 1.165) is 43.7 Å². The molecule has 2 aromatic carbocycles. The van der Waals surface area contributed by atoms with E-state index in [2.05, 4.69) is 94.9 Å². The van der Waals surface area contributed by atoms with Gasteiger partial charge in [-0.15, -0.1) is 0 Å². The van der Waals surface area contributed by atoms with Crippen molar-refractivity contribution in [1.29, 1.82) is 0 Å². The molecule has 8 rings (SSSR count). The Balaban J connectivity index is 1.32. The number of hydrogen-bond acceptors (Lipinski definition) is 4. The normalized spacial score (nSPS) is 19.1. The summed E-state index contributed by atoms with van der Waals surface area (Å²) in [5, 5.41) is 10.5. The van der Waals surface area contributed by atoms with Crippen LogP contribution < -0.4 is 20.7 Å². The predicted molar refractivity (Wildman–Crippen MR) is 161 cm³/mol. The van der Waals surface area contributed by atoms with Crippen molar-refractivity contribution >= 4 is 28.8 Å². The van der Waals surface area contributed by atoms with Gasteiger partial charge in [0.05, 0.1) is 17.1 Å². The Hall–Kier alpha value is -3.87. The molecule has 1 unspecified atom stereocenters. The molecule has 1 atom stereocenters. The smallest absolute Gasteiger partial charge is 0.183 e. The van der Waals surface area contributed by atoms with Crippen molar-refractivity contribution in [3.05, 3.63) is 103 Å². The van der Waals surface area contributed by atoms with Gasteiger partial charge < -0.3 is 4.74 Å². The minimum absolute atomic E-state index is 0.000484. The molecule has 0 radical (unpaired) electrons. The van der Waals surface area contributed by atoms with Crippen molar-refractivity contribution in [2.45, 2.75) is 51.2 Å². The van der Waals surface area contributed by atoms with Crippen LogP contribution in [0.3, 0.4) is 0 Å². The number of aryl methyl sites for hydroxylation is 1. The van der Waals surface area contributed by atoms with Gasteiger partial charge in [-0.2, -0.15) is 5.10 Å². The molecule has 5 aromatic rings. The van der Waals surface area contributed by atoms with Gasteiger partial charge >= 0.3 is 0 Å². The van der Waals surface area contributed by atoms with Crippen LogP contribution in [0.4, 0.5) is 0 Å². The van der Waals surface area contributed by atoms with Crippen LogP contribution in [-0.4, -0.2) is 34.4 Å². The highest BCUT2D eigenvalue weighted by Gasteiger charge is 2.49. The molecule has 0 N–H and O–H groups in total. The van der Waals surface area contributed by atoms with E-state index < -0.39 is 8.07 Å². The fourth-order valence-corrected chi connectivity index (χ4v) is 12.3. The zero-order chi connectivity index (χ0) is 26.5. The summed E-state index contributed by atoms with van der Waals surface area (Å²) in [6.45, 7) is 0.805. The van der Waals surface area contributed by atoms with Crippen LogP contribution in [0, 0.1) is 0 Å². The Kier molecular flexibility index (Phi) is 5.78. The summed E-state index contributed by atoms with van der Waals surface area (Å²) in [5.74, 6) is 0. The first-order chi connectivity index (χ1) is 19.9. The van der Waals surface area contributed by atoms with Crippen molar-refractivity contribution in [2.24, 2.45) is 0 Å². The molecule has 0 spiro atoms. The molecule has 3 aliphatic rings. The molecule has 0 saturated carbocycles. The second-order valence-electron chi connectivity index (χ2n) is 11.3. The first-order valence-corrected chi connectivity index (χ1v) is 16.6. The van der Waals surface area contributed by atoms with Crippen LogP contribution in [0.15, 0.2) is 91.4 Å². The molecular weight excluding hydrogens is 508 g/mol. The van der Waals surface area contributed by atoms with Gasteiger partial charge in [-0.3, -0.25) is 9.97 Å². The highest BCUT2D eigenvalue weighted by Crippen LogP contribution is 2.35. The van der Waals surface area contributed by atoms with E-state index >= 15 is 0 Å². The molecule has 1 aliphatic carbocycles. The summed E-state index contributed by atoms with van der Waals surface area (Å²) in [6.07, 6.45) is 13.9. The molecule has 1 saturated heterocycles. The number of ether oxygens (including phenoxy) is 1. The molecule has 3 aromatic heterocycles. The van der Waals surface area contributed by atoms with Gasteiger partial charge in [0.2, 0.25) is 0 Å². The molecule has 5 heterocycles. The largest absolute Gasteiger partial charge is 0.356 e. The maximum atomic E-state index is 6.23. The minimum atomic E-state index is -2.58. The summed E-state index contributed by atoms with van der Waals surface area (Å²) in [7, 11) is -2.58. The highest BCUT2D eigenvalue weighted by molar-refractivity contribution is 7.22. The minimum Gasteiger partial charge on any atom is -0.356 e. The lowest BCUT2D eigenvalue weighted by Crippen LogP contribution is -2.73. The molecule has 1 fully saturated rings. The fraction of sp³-hybridized carbons (Fsp3) is 0.265. The van der Waals surface area contributed by atoms with Crippen LogP contribution in [0.1, 0.15) is 49.6 Å². The van der Waals surface area contributed by atoms with Crippen molar-refractivity contribution in [3.63, 3.8) is 0 Å². The lowest BCUT2D eigenvalue weighted by atomic mass is 9.95. The van der Waals surface area contributed by atoms with Gasteiger partial charge in [-0.25, -0.2) is 4.68 Å².